The third kappa shape index (κ3) is 0.580. The number of hydrogen-bond acceptors (Lipinski definition) is 3. The molecule has 3 nitrogen and oxygen atoms in total. The molecule has 1 aliphatic heterocycles. The monoisotopic (exact) mass is 128 g/mol. The summed E-state index contributed by atoms with van der Waals surface area (Å²) in [5.41, 5.74) is 0. The lowest BCUT2D eigenvalue weighted by atomic mass is 10.2. The third-order valence-corrected chi connectivity index (χ3v) is 2.07. The minimum absolute atomic E-state index is 0.00704. The predicted molar refractivity (Wildman–Crippen MR) is 28.6 cm³/mol. The number of cyclic esters (lactones) is 1. The van der Waals surface area contributed by atoms with Gasteiger partial charge in [0.1, 0.15) is 6.10 Å². The highest BCUT2D eigenvalue weighted by Gasteiger charge is 2.56. The molecule has 3 heteroatoms. The van der Waals surface area contributed by atoms with Gasteiger partial charge < -0.3 is 9.84 Å². The van der Waals surface area contributed by atoms with Gasteiger partial charge in [-0.05, 0) is 6.42 Å². The van der Waals surface area contributed by atoms with Gasteiger partial charge in [-0.3, -0.25) is 4.79 Å². The van der Waals surface area contributed by atoms with E-state index in [9.17, 15) is 4.79 Å². The van der Waals surface area contributed by atoms with Crippen LogP contribution in [-0.2, 0) is 9.53 Å². The molecular weight excluding hydrogens is 120 g/mol. The van der Waals surface area contributed by atoms with Gasteiger partial charge >= 0.3 is 5.97 Å². The van der Waals surface area contributed by atoms with Gasteiger partial charge in [0.25, 0.3) is 0 Å². The molecule has 1 saturated carbocycles. The van der Waals surface area contributed by atoms with E-state index in [4.69, 9.17) is 9.84 Å². The van der Waals surface area contributed by atoms with E-state index in [1.165, 1.54) is 0 Å². The van der Waals surface area contributed by atoms with Gasteiger partial charge in [-0.15, -0.1) is 0 Å². The molecule has 0 aromatic rings. The zero-order valence-corrected chi connectivity index (χ0v) is 4.91. The van der Waals surface area contributed by atoms with Crippen LogP contribution in [0.15, 0.2) is 0 Å². The first-order valence-corrected chi connectivity index (χ1v) is 3.14. The van der Waals surface area contributed by atoms with E-state index in [-0.39, 0.29) is 24.6 Å². The molecule has 1 saturated heterocycles. The molecule has 0 radical (unpaired) electrons. The van der Waals surface area contributed by atoms with Crippen molar-refractivity contribution in [1.82, 2.24) is 0 Å². The number of aliphatic hydroxyl groups is 1. The zero-order chi connectivity index (χ0) is 6.43. The normalized spacial score (nSPS) is 46.3. The first kappa shape index (κ1) is 5.23. The summed E-state index contributed by atoms with van der Waals surface area (Å²) in [6.45, 7) is -0.00704. The van der Waals surface area contributed by atoms with Crippen molar-refractivity contribution in [3.05, 3.63) is 0 Å². The van der Waals surface area contributed by atoms with Gasteiger partial charge in [0.2, 0.25) is 0 Å². The van der Waals surface area contributed by atoms with Crippen LogP contribution in [0.25, 0.3) is 0 Å². The van der Waals surface area contributed by atoms with Crippen LogP contribution < -0.4 is 0 Å². The Bertz CT molecular complexity index is 154. The largest absolute Gasteiger partial charge is 0.459 e. The van der Waals surface area contributed by atoms with Crippen LogP contribution in [0.5, 0.6) is 0 Å². The molecule has 0 aromatic heterocycles. The van der Waals surface area contributed by atoms with E-state index in [0.29, 0.717) is 5.92 Å². The number of hydrogen-bond donors (Lipinski definition) is 1. The summed E-state index contributed by atoms with van der Waals surface area (Å²) in [7, 11) is 0. The fourth-order valence-corrected chi connectivity index (χ4v) is 1.39. The predicted octanol–water partition coefficient (Wildman–Crippen LogP) is -0.460. The maximum atomic E-state index is 10.7. The molecule has 2 fully saturated rings. The summed E-state index contributed by atoms with van der Waals surface area (Å²) < 4.78 is 4.78. The second-order valence-corrected chi connectivity index (χ2v) is 2.66. The van der Waals surface area contributed by atoms with Crippen LogP contribution in [0.3, 0.4) is 0 Å². The SMILES string of the molecule is O=C1OC(CO)C2CC12. The molecule has 1 N–H and O–H groups in total. The number of ether oxygens (including phenoxy) is 1. The molecule has 1 aliphatic carbocycles. The number of fused-ring (bicyclic) bond motifs is 1. The van der Waals surface area contributed by atoms with Gasteiger partial charge in [0.15, 0.2) is 0 Å². The first-order chi connectivity index (χ1) is 4.33. The standard InChI is InChI=1S/C6H8O3/c7-2-5-3-1-4(3)6(8)9-5/h3-5,7H,1-2H2. The highest BCUT2D eigenvalue weighted by Crippen LogP contribution is 2.48. The molecule has 0 bridgehead atoms. The van der Waals surface area contributed by atoms with Crippen molar-refractivity contribution < 1.29 is 14.6 Å². The first-order valence-electron chi connectivity index (χ1n) is 3.14. The number of carbonyl (C=O) groups is 1. The molecule has 2 rings (SSSR count). The van der Waals surface area contributed by atoms with Crippen LogP contribution in [0.2, 0.25) is 0 Å². The lowest BCUT2D eigenvalue weighted by Gasteiger charge is -2.06. The fourth-order valence-electron chi connectivity index (χ4n) is 1.39. The number of carbonyl (C=O) groups excluding carboxylic acids is 1. The average Bonchev–Trinajstić information content (AvgIpc) is 2.56. The summed E-state index contributed by atoms with van der Waals surface area (Å²) in [4.78, 5) is 10.7. The van der Waals surface area contributed by atoms with Crippen LogP contribution in [0.4, 0.5) is 0 Å². The van der Waals surface area contributed by atoms with Crippen molar-refractivity contribution >= 4 is 5.97 Å². The lowest BCUT2D eigenvalue weighted by molar-refractivity contribution is -0.146. The summed E-state index contributed by atoms with van der Waals surface area (Å²) in [6.07, 6.45) is 0.756. The Morgan fingerprint density at radius 3 is 2.78 bits per heavy atom. The van der Waals surface area contributed by atoms with Crippen molar-refractivity contribution in [1.29, 1.82) is 0 Å². The molecule has 3 unspecified atom stereocenters. The van der Waals surface area contributed by atoms with Crippen molar-refractivity contribution in [3.63, 3.8) is 0 Å². The highest BCUT2D eigenvalue weighted by molar-refractivity contribution is 5.78. The van der Waals surface area contributed by atoms with Crippen molar-refractivity contribution in [2.45, 2.75) is 12.5 Å². The average molecular weight is 128 g/mol. The minimum Gasteiger partial charge on any atom is -0.459 e. The van der Waals surface area contributed by atoms with Crippen molar-refractivity contribution in [3.8, 4) is 0 Å². The summed E-state index contributed by atoms with van der Waals surface area (Å²) in [6, 6.07) is 0. The second-order valence-electron chi connectivity index (χ2n) is 2.66. The Kier molecular flexibility index (Phi) is 0.858. The molecule has 3 atom stereocenters. The van der Waals surface area contributed by atoms with E-state index < -0.39 is 0 Å². The van der Waals surface area contributed by atoms with Crippen LogP contribution in [0.1, 0.15) is 6.42 Å². The Hall–Kier alpha value is -0.570. The molecular formula is C6H8O3. The minimum atomic E-state index is -0.178. The summed E-state index contributed by atoms with van der Waals surface area (Å²) in [5.74, 6) is 0.378. The number of aliphatic hydroxyl groups excluding tert-OH is 1. The quantitative estimate of drug-likeness (QED) is 0.486. The van der Waals surface area contributed by atoms with Crippen LogP contribution in [-0.4, -0.2) is 23.8 Å². The van der Waals surface area contributed by atoms with E-state index in [2.05, 4.69) is 0 Å². The highest BCUT2D eigenvalue weighted by atomic mass is 16.6. The molecule has 0 amide bonds. The molecule has 0 spiro atoms. The Balaban J connectivity index is 2.08. The molecule has 9 heavy (non-hydrogen) atoms. The molecule has 1 heterocycles. The maximum absolute atomic E-state index is 10.7. The Morgan fingerprint density at radius 1 is 1.78 bits per heavy atom. The smallest absolute Gasteiger partial charge is 0.309 e. The van der Waals surface area contributed by atoms with Gasteiger partial charge in [-0.2, -0.15) is 0 Å². The third-order valence-electron chi connectivity index (χ3n) is 2.07. The molecule has 2 aliphatic rings. The molecule has 50 valence electrons. The topological polar surface area (TPSA) is 46.5 Å². The van der Waals surface area contributed by atoms with E-state index in [0.717, 1.165) is 6.42 Å². The van der Waals surface area contributed by atoms with Gasteiger partial charge in [-0.1, -0.05) is 0 Å². The Morgan fingerprint density at radius 2 is 2.56 bits per heavy atom. The summed E-state index contributed by atoms with van der Waals surface area (Å²) in [5, 5.41) is 8.60. The fraction of sp³-hybridized carbons (Fsp3) is 0.833. The van der Waals surface area contributed by atoms with E-state index in [1.807, 2.05) is 0 Å². The lowest BCUT2D eigenvalue weighted by Crippen LogP contribution is -2.16. The zero-order valence-electron chi connectivity index (χ0n) is 4.91. The van der Waals surface area contributed by atoms with E-state index in [1.54, 1.807) is 0 Å². The van der Waals surface area contributed by atoms with Gasteiger partial charge in [0.05, 0.1) is 12.5 Å². The number of rotatable bonds is 1. The van der Waals surface area contributed by atoms with Crippen LogP contribution >= 0.6 is 0 Å². The van der Waals surface area contributed by atoms with Gasteiger partial charge in [0, 0.05) is 5.92 Å². The molecule has 0 aromatic carbocycles. The second kappa shape index (κ2) is 1.48. The van der Waals surface area contributed by atoms with Crippen LogP contribution in [0, 0.1) is 11.8 Å². The number of esters is 1. The summed E-state index contributed by atoms with van der Waals surface area (Å²) >= 11 is 0. The van der Waals surface area contributed by atoms with Crippen molar-refractivity contribution in [2.75, 3.05) is 6.61 Å². The van der Waals surface area contributed by atoms with Gasteiger partial charge in [-0.25, -0.2) is 0 Å². The van der Waals surface area contributed by atoms with Crippen molar-refractivity contribution in [2.24, 2.45) is 11.8 Å². The van der Waals surface area contributed by atoms with E-state index >= 15 is 0 Å². The Labute approximate surface area is 52.6 Å². The maximum Gasteiger partial charge on any atom is 0.309 e.